The standard InChI is InChI=1S/C20H30N6/c1-16-14-17(2)26(24-16)12-7-11-22-20(21-3)23-18-10-13-25(15-18)19-8-5-4-6-9-19/h4-6,8-9,14,18H,7,10-13,15H2,1-3H3,(H2,21,22,23). The van der Waals surface area contributed by atoms with Crippen molar-refractivity contribution in [2.24, 2.45) is 4.99 Å². The number of guanidine groups is 1. The van der Waals surface area contributed by atoms with Gasteiger partial charge in [0.2, 0.25) is 0 Å². The fraction of sp³-hybridized carbons (Fsp3) is 0.500. The molecule has 6 heteroatoms. The van der Waals surface area contributed by atoms with E-state index in [4.69, 9.17) is 0 Å². The molecule has 140 valence electrons. The third-order valence-electron chi connectivity index (χ3n) is 4.82. The molecule has 2 aromatic rings. The van der Waals surface area contributed by atoms with E-state index >= 15 is 0 Å². The maximum atomic E-state index is 4.50. The number of anilines is 1. The van der Waals surface area contributed by atoms with Gasteiger partial charge in [0, 0.05) is 50.6 Å². The van der Waals surface area contributed by atoms with Crippen molar-refractivity contribution in [2.45, 2.75) is 39.3 Å². The fourth-order valence-corrected chi connectivity index (χ4v) is 3.48. The molecule has 0 spiro atoms. The molecule has 6 nitrogen and oxygen atoms in total. The average molecular weight is 355 g/mol. The van der Waals surface area contributed by atoms with Crippen molar-refractivity contribution in [1.29, 1.82) is 0 Å². The molecule has 1 unspecified atom stereocenters. The highest BCUT2D eigenvalue weighted by Gasteiger charge is 2.23. The van der Waals surface area contributed by atoms with Crippen molar-refractivity contribution in [3.05, 3.63) is 47.8 Å². The van der Waals surface area contributed by atoms with Crippen molar-refractivity contribution in [3.8, 4) is 0 Å². The molecule has 2 heterocycles. The number of nitrogens with one attached hydrogen (secondary N) is 2. The lowest BCUT2D eigenvalue weighted by molar-refractivity contribution is 0.552. The van der Waals surface area contributed by atoms with E-state index in [9.17, 15) is 0 Å². The van der Waals surface area contributed by atoms with Crippen LogP contribution in [0, 0.1) is 13.8 Å². The van der Waals surface area contributed by atoms with Crippen LogP contribution >= 0.6 is 0 Å². The van der Waals surface area contributed by atoms with Crippen LogP contribution in [0.5, 0.6) is 0 Å². The summed E-state index contributed by atoms with van der Waals surface area (Å²) in [6, 6.07) is 13.2. The monoisotopic (exact) mass is 354 g/mol. The van der Waals surface area contributed by atoms with E-state index in [1.54, 1.807) is 0 Å². The summed E-state index contributed by atoms with van der Waals surface area (Å²) in [7, 11) is 1.83. The van der Waals surface area contributed by atoms with Crippen molar-refractivity contribution < 1.29 is 0 Å². The average Bonchev–Trinajstić information content (AvgIpc) is 3.24. The quantitative estimate of drug-likeness (QED) is 0.475. The van der Waals surface area contributed by atoms with Gasteiger partial charge >= 0.3 is 0 Å². The Bertz CT molecular complexity index is 721. The number of rotatable bonds is 6. The van der Waals surface area contributed by atoms with Gasteiger partial charge in [-0.1, -0.05) is 18.2 Å². The molecule has 1 aliphatic heterocycles. The van der Waals surface area contributed by atoms with Gasteiger partial charge in [0.25, 0.3) is 0 Å². The lowest BCUT2D eigenvalue weighted by Gasteiger charge is -2.20. The molecule has 0 bridgehead atoms. The molecular weight excluding hydrogens is 324 g/mol. The number of aliphatic imine (C=N–C) groups is 1. The van der Waals surface area contributed by atoms with Crippen LogP contribution in [-0.4, -0.2) is 48.5 Å². The maximum Gasteiger partial charge on any atom is 0.191 e. The van der Waals surface area contributed by atoms with Gasteiger partial charge in [0.1, 0.15) is 0 Å². The summed E-state index contributed by atoms with van der Waals surface area (Å²) in [5, 5.41) is 11.5. The van der Waals surface area contributed by atoms with E-state index in [-0.39, 0.29) is 0 Å². The van der Waals surface area contributed by atoms with Gasteiger partial charge in [0.05, 0.1) is 5.69 Å². The Morgan fingerprint density at radius 1 is 1.27 bits per heavy atom. The van der Waals surface area contributed by atoms with Gasteiger partial charge < -0.3 is 15.5 Å². The smallest absolute Gasteiger partial charge is 0.191 e. The summed E-state index contributed by atoms with van der Waals surface area (Å²) >= 11 is 0. The Hall–Kier alpha value is -2.50. The van der Waals surface area contributed by atoms with Crippen LogP contribution in [0.4, 0.5) is 5.69 Å². The van der Waals surface area contributed by atoms with Crippen LogP contribution < -0.4 is 15.5 Å². The van der Waals surface area contributed by atoms with Gasteiger partial charge in [-0.3, -0.25) is 9.67 Å². The van der Waals surface area contributed by atoms with Crippen molar-refractivity contribution in [2.75, 3.05) is 31.6 Å². The van der Waals surface area contributed by atoms with Gasteiger partial charge in [-0.25, -0.2) is 0 Å². The first-order valence-corrected chi connectivity index (χ1v) is 9.44. The van der Waals surface area contributed by atoms with Crippen LogP contribution in [0.25, 0.3) is 0 Å². The topological polar surface area (TPSA) is 57.5 Å². The Labute approximate surface area is 156 Å². The molecule has 1 fully saturated rings. The minimum atomic E-state index is 0.428. The first kappa shape index (κ1) is 18.3. The summed E-state index contributed by atoms with van der Waals surface area (Å²) in [4.78, 5) is 6.79. The van der Waals surface area contributed by atoms with Crippen molar-refractivity contribution in [1.82, 2.24) is 20.4 Å². The number of nitrogens with zero attached hydrogens (tertiary/aromatic N) is 4. The van der Waals surface area contributed by atoms with Crippen LogP contribution in [0.3, 0.4) is 0 Å². The molecule has 0 aliphatic carbocycles. The molecule has 1 aromatic carbocycles. The van der Waals surface area contributed by atoms with Crippen molar-refractivity contribution in [3.63, 3.8) is 0 Å². The van der Waals surface area contributed by atoms with Crippen LogP contribution in [0.1, 0.15) is 24.2 Å². The molecule has 0 amide bonds. The molecule has 1 atom stereocenters. The number of hydrogen-bond acceptors (Lipinski definition) is 3. The van der Waals surface area contributed by atoms with E-state index < -0.39 is 0 Å². The fourth-order valence-electron chi connectivity index (χ4n) is 3.48. The molecular formula is C20H30N6. The molecule has 2 N–H and O–H groups in total. The van der Waals surface area contributed by atoms with Gasteiger partial charge in [-0.15, -0.1) is 0 Å². The SMILES string of the molecule is CN=C(NCCCn1nc(C)cc1C)NC1CCN(c2ccccc2)C1. The molecule has 0 saturated carbocycles. The molecule has 26 heavy (non-hydrogen) atoms. The second-order valence-corrected chi connectivity index (χ2v) is 6.91. The number of aromatic nitrogens is 2. The van der Waals surface area contributed by atoms with Crippen molar-refractivity contribution >= 4 is 11.6 Å². The number of hydrogen-bond donors (Lipinski definition) is 2. The Morgan fingerprint density at radius 2 is 2.08 bits per heavy atom. The zero-order valence-electron chi connectivity index (χ0n) is 16.1. The predicted molar refractivity (Wildman–Crippen MR) is 108 cm³/mol. The highest BCUT2D eigenvalue weighted by atomic mass is 15.3. The summed E-state index contributed by atoms with van der Waals surface area (Å²) in [6.45, 7) is 8.04. The first-order chi connectivity index (χ1) is 12.7. The van der Waals surface area contributed by atoms with Gasteiger partial charge in [-0.05, 0) is 44.9 Å². The van der Waals surface area contributed by atoms with E-state index in [0.29, 0.717) is 6.04 Å². The van der Waals surface area contributed by atoms with Gasteiger partial charge in [0.15, 0.2) is 5.96 Å². The lowest BCUT2D eigenvalue weighted by Crippen LogP contribution is -2.45. The molecule has 1 saturated heterocycles. The van der Waals surface area contributed by atoms with Gasteiger partial charge in [-0.2, -0.15) is 5.10 Å². The number of para-hydroxylation sites is 1. The highest BCUT2D eigenvalue weighted by molar-refractivity contribution is 5.80. The van der Waals surface area contributed by atoms with E-state index in [0.717, 1.165) is 50.7 Å². The van der Waals surface area contributed by atoms with Crippen LogP contribution in [-0.2, 0) is 6.54 Å². The molecule has 1 aromatic heterocycles. The van der Waals surface area contributed by atoms with Crippen LogP contribution in [0.2, 0.25) is 0 Å². The largest absolute Gasteiger partial charge is 0.369 e. The number of aryl methyl sites for hydroxylation is 3. The molecule has 1 aliphatic rings. The number of benzene rings is 1. The highest BCUT2D eigenvalue weighted by Crippen LogP contribution is 2.19. The second-order valence-electron chi connectivity index (χ2n) is 6.91. The maximum absolute atomic E-state index is 4.50. The predicted octanol–water partition coefficient (Wildman–Crippen LogP) is 2.33. The van der Waals surface area contributed by atoms with Crippen LogP contribution in [0.15, 0.2) is 41.4 Å². The Morgan fingerprint density at radius 3 is 2.77 bits per heavy atom. The summed E-state index contributed by atoms with van der Waals surface area (Å²) in [6.07, 6.45) is 2.14. The first-order valence-electron chi connectivity index (χ1n) is 9.44. The molecule has 0 radical (unpaired) electrons. The summed E-state index contributed by atoms with van der Waals surface area (Å²) in [5.74, 6) is 0.887. The third kappa shape index (κ3) is 4.77. The Balaban J connectivity index is 1.40. The Kier molecular flexibility index (Phi) is 6.15. The van der Waals surface area contributed by atoms with E-state index in [2.05, 4.69) is 73.6 Å². The summed E-state index contributed by atoms with van der Waals surface area (Å²) < 4.78 is 2.07. The molecule has 3 rings (SSSR count). The second kappa shape index (κ2) is 8.74. The lowest BCUT2D eigenvalue weighted by atomic mass is 10.2. The third-order valence-corrected chi connectivity index (χ3v) is 4.82. The zero-order valence-corrected chi connectivity index (χ0v) is 16.1. The summed E-state index contributed by atoms with van der Waals surface area (Å²) in [5.41, 5.74) is 3.60. The minimum Gasteiger partial charge on any atom is -0.369 e. The van der Waals surface area contributed by atoms with E-state index in [1.807, 2.05) is 14.0 Å². The normalized spacial score (nSPS) is 17.6. The minimum absolute atomic E-state index is 0.428. The zero-order chi connectivity index (χ0) is 18.4. The van der Waals surface area contributed by atoms with E-state index in [1.165, 1.54) is 11.4 Å².